The molecule has 0 radical (unpaired) electrons. The van der Waals surface area contributed by atoms with Gasteiger partial charge in [0.1, 0.15) is 5.82 Å². The van der Waals surface area contributed by atoms with Crippen molar-refractivity contribution in [2.75, 3.05) is 5.73 Å². The normalized spacial score (nSPS) is 10.4. The number of nitrogens with one attached hydrogen (secondary N) is 1. The molecule has 0 saturated heterocycles. The fourth-order valence-corrected chi connectivity index (χ4v) is 2.06. The molecule has 1 heterocycles. The van der Waals surface area contributed by atoms with Gasteiger partial charge in [-0.3, -0.25) is 4.79 Å². The highest BCUT2D eigenvalue weighted by atomic mass is 127. The lowest BCUT2D eigenvalue weighted by molar-refractivity contribution is 0.628. The predicted molar refractivity (Wildman–Crippen MR) is 69.6 cm³/mol. The molecule has 82 valence electrons. The van der Waals surface area contributed by atoms with Gasteiger partial charge in [0, 0.05) is 27.1 Å². The van der Waals surface area contributed by atoms with Crippen LogP contribution < -0.4 is 11.3 Å². The molecule has 0 atom stereocenters. The van der Waals surface area contributed by atoms with Crippen molar-refractivity contribution in [2.24, 2.45) is 0 Å². The molecular weight excluding hydrogens is 322 g/mol. The number of aromatic amines is 1. The van der Waals surface area contributed by atoms with Crippen molar-refractivity contribution < 1.29 is 4.39 Å². The summed E-state index contributed by atoms with van der Waals surface area (Å²) < 4.78 is 14.0. The molecule has 0 saturated carbocycles. The monoisotopic (exact) mass is 330 g/mol. The quantitative estimate of drug-likeness (QED) is 0.623. The van der Waals surface area contributed by atoms with E-state index in [-0.39, 0.29) is 5.56 Å². The van der Waals surface area contributed by atoms with E-state index in [0.29, 0.717) is 16.8 Å². The van der Waals surface area contributed by atoms with Gasteiger partial charge >= 0.3 is 0 Å². The molecule has 0 spiro atoms. The Balaban J connectivity index is 2.69. The van der Waals surface area contributed by atoms with Crippen LogP contribution in [-0.2, 0) is 0 Å². The molecule has 0 bridgehead atoms. The zero-order valence-electron chi connectivity index (χ0n) is 8.13. The van der Waals surface area contributed by atoms with Gasteiger partial charge < -0.3 is 10.7 Å². The molecule has 2 rings (SSSR count). The first kappa shape index (κ1) is 11.1. The highest BCUT2D eigenvalue weighted by molar-refractivity contribution is 14.1. The van der Waals surface area contributed by atoms with Crippen LogP contribution in [0, 0.1) is 9.39 Å². The first-order valence-electron chi connectivity index (χ1n) is 4.51. The molecule has 0 aliphatic heterocycles. The number of anilines is 1. The van der Waals surface area contributed by atoms with Gasteiger partial charge in [-0.05, 0) is 46.4 Å². The molecule has 5 heteroatoms. The fraction of sp³-hybridized carbons (Fsp3) is 0. The Labute approximate surface area is 105 Å². The van der Waals surface area contributed by atoms with Crippen molar-refractivity contribution in [1.82, 2.24) is 4.98 Å². The van der Waals surface area contributed by atoms with Crippen molar-refractivity contribution in [3.05, 3.63) is 50.2 Å². The molecule has 3 nitrogen and oxygen atoms in total. The van der Waals surface area contributed by atoms with Crippen LogP contribution in [0.15, 0.2) is 35.3 Å². The van der Waals surface area contributed by atoms with Gasteiger partial charge in [0.05, 0.1) is 0 Å². The minimum atomic E-state index is -0.409. The highest BCUT2D eigenvalue weighted by Gasteiger charge is 2.08. The van der Waals surface area contributed by atoms with Gasteiger partial charge in [0.15, 0.2) is 0 Å². The van der Waals surface area contributed by atoms with E-state index in [0.717, 1.165) is 3.57 Å². The van der Waals surface area contributed by atoms with Crippen LogP contribution in [0.2, 0.25) is 0 Å². The number of hydrogen-bond donors (Lipinski definition) is 2. The van der Waals surface area contributed by atoms with Gasteiger partial charge in [-0.1, -0.05) is 0 Å². The Morgan fingerprint density at radius 3 is 2.75 bits per heavy atom. The van der Waals surface area contributed by atoms with Crippen molar-refractivity contribution >= 4 is 28.3 Å². The zero-order valence-corrected chi connectivity index (χ0v) is 10.3. The summed E-state index contributed by atoms with van der Waals surface area (Å²) in [7, 11) is 0. The number of halogens is 2. The van der Waals surface area contributed by atoms with E-state index in [4.69, 9.17) is 5.73 Å². The summed E-state index contributed by atoms with van der Waals surface area (Å²) in [5.74, 6) is -0.409. The van der Waals surface area contributed by atoms with Gasteiger partial charge in [-0.15, -0.1) is 0 Å². The molecule has 3 N–H and O–H groups in total. The first-order valence-corrected chi connectivity index (χ1v) is 5.59. The minimum absolute atomic E-state index is 0.226. The van der Waals surface area contributed by atoms with Gasteiger partial charge in [-0.25, -0.2) is 4.39 Å². The van der Waals surface area contributed by atoms with Crippen LogP contribution in [0.25, 0.3) is 11.1 Å². The lowest BCUT2D eigenvalue weighted by Crippen LogP contribution is -2.03. The lowest BCUT2D eigenvalue weighted by Gasteiger charge is -2.07. The third-order valence-corrected chi connectivity index (χ3v) is 3.36. The van der Waals surface area contributed by atoms with E-state index in [1.165, 1.54) is 24.4 Å². The second-order valence-corrected chi connectivity index (χ2v) is 4.38. The Kier molecular flexibility index (Phi) is 2.95. The van der Waals surface area contributed by atoms with E-state index < -0.39 is 5.82 Å². The third-order valence-electron chi connectivity index (χ3n) is 2.15. The van der Waals surface area contributed by atoms with E-state index in [9.17, 15) is 9.18 Å². The van der Waals surface area contributed by atoms with Gasteiger partial charge in [0.2, 0.25) is 5.56 Å². The van der Waals surface area contributed by atoms with Crippen LogP contribution in [0.3, 0.4) is 0 Å². The number of benzene rings is 1. The highest BCUT2D eigenvalue weighted by Crippen LogP contribution is 2.29. The lowest BCUT2D eigenvalue weighted by atomic mass is 10.1. The SMILES string of the molecule is Nc1cc(F)cc(-c2cc[nH]c(=O)c2)c1I. The Morgan fingerprint density at radius 1 is 1.31 bits per heavy atom. The van der Waals surface area contributed by atoms with Crippen LogP contribution in [0.5, 0.6) is 0 Å². The van der Waals surface area contributed by atoms with Gasteiger partial charge in [-0.2, -0.15) is 0 Å². The number of rotatable bonds is 1. The van der Waals surface area contributed by atoms with E-state index >= 15 is 0 Å². The molecule has 0 aliphatic rings. The van der Waals surface area contributed by atoms with E-state index in [1.54, 1.807) is 6.07 Å². The summed E-state index contributed by atoms with van der Waals surface area (Å²) in [5.41, 5.74) is 7.09. The third kappa shape index (κ3) is 2.08. The standard InChI is InChI=1S/C11H8FIN2O/c12-7-4-8(11(13)9(14)5-7)6-1-2-15-10(16)3-6/h1-5H,14H2,(H,15,16). The number of nitrogen functional groups attached to an aromatic ring is 1. The molecule has 1 aromatic heterocycles. The number of pyridine rings is 1. The summed E-state index contributed by atoms with van der Waals surface area (Å²) in [6.45, 7) is 0. The molecule has 0 amide bonds. The first-order chi connectivity index (χ1) is 7.58. The summed E-state index contributed by atoms with van der Waals surface area (Å²) in [5, 5.41) is 0. The molecule has 2 aromatic rings. The minimum Gasteiger partial charge on any atom is -0.398 e. The summed E-state index contributed by atoms with van der Waals surface area (Å²) in [6, 6.07) is 5.75. The smallest absolute Gasteiger partial charge is 0.248 e. The van der Waals surface area contributed by atoms with Crippen molar-refractivity contribution in [2.45, 2.75) is 0 Å². The second kappa shape index (κ2) is 4.25. The van der Waals surface area contributed by atoms with Crippen LogP contribution in [0.1, 0.15) is 0 Å². The summed E-state index contributed by atoms with van der Waals surface area (Å²) >= 11 is 2.03. The zero-order chi connectivity index (χ0) is 11.7. The average Bonchev–Trinajstić information content (AvgIpc) is 2.23. The van der Waals surface area contributed by atoms with Crippen LogP contribution in [0.4, 0.5) is 10.1 Å². The molecule has 0 unspecified atom stereocenters. The van der Waals surface area contributed by atoms with Crippen LogP contribution in [-0.4, -0.2) is 4.98 Å². The maximum absolute atomic E-state index is 13.2. The van der Waals surface area contributed by atoms with Crippen molar-refractivity contribution in [3.63, 3.8) is 0 Å². The van der Waals surface area contributed by atoms with Crippen molar-refractivity contribution in [3.8, 4) is 11.1 Å². The van der Waals surface area contributed by atoms with E-state index in [2.05, 4.69) is 4.98 Å². The molecule has 0 aliphatic carbocycles. The Hall–Kier alpha value is -1.37. The average molecular weight is 330 g/mol. The second-order valence-electron chi connectivity index (χ2n) is 3.30. The Morgan fingerprint density at radius 2 is 2.06 bits per heavy atom. The Bertz CT molecular complexity index is 595. The topological polar surface area (TPSA) is 58.9 Å². The maximum atomic E-state index is 13.2. The molecule has 0 fully saturated rings. The number of aromatic nitrogens is 1. The van der Waals surface area contributed by atoms with E-state index in [1.807, 2.05) is 22.6 Å². The number of H-pyrrole nitrogens is 1. The van der Waals surface area contributed by atoms with Gasteiger partial charge in [0.25, 0.3) is 0 Å². The number of hydrogen-bond acceptors (Lipinski definition) is 2. The molecular formula is C11H8FIN2O. The van der Waals surface area contributed by atoms with Crippen molar-refractivity contribution in [1.29, 1.82) is 0 Å². The molecule has 1 aromatic carbocycles. The maximum Gasteiger partial charge on any atom is 0.248 e. The summed E-state index contributed by atoms with van der Waals surface area (Å²) in [6.07, 6.45) is 1.52. The predicted octanol–water partition coefficient (Wildman–Crippen LogP) is 2.37. The summed E-state index contributed by atoms with van der Waals surface area (Å²) in [4.78, 5) is 13.7. The number of nitrogens with two attached hydrogens (primary N) is 1. The fourth-order valence-electron chi connectivity index (χ4n) is 1.43. The molecule has 16 heavy (non-hydrogen) atoms. The largest absolute Gasteiger partial charge is 0.398 e. The van der Waals surface area contributed by atoms with Crippen LogP contribution >= 0.6 is 22.6 Å².